The zero-order chi connectivity index (χ0) is 13.7. The highest BCUT2D eigenvalue weighted by Gasteiger charge is 2.30. The van der Waals surface area contributed by atoms with Crippen LogP contribution in [0.1, 0.15) is 18.8 Å². The van der Waals surface area contributed by atoms with Crippen LogP contribution in [0, 0.1) is 0 Å². The summed E-state index contributed by atoms with van der Waals surface area (Å²) in [5.41, 5.74) is 0.934. The van der Waals surface area contributed by atoms with Crippen molar-refractivity contribution in [1.82, 2.24) is 0 Å². The molecular weight excluding hydrogens is 248 g/mol. The summed E-state index contributed by atoms with van der Waals surface area (Å²) in [6, 6.07) is 7.55. The highest BCUT2D eigenvalue weighted by atomic mass is 16.7. The Morgan fingerprint density at radius 3 is 2.63 bits per heavy atom. The molecule has 1 aliphatic heterocycles. The predicted octanol–water partition coefficient (Wildman–Crippen LogP) is 2.54. The molecule has 0 aromatic heterocycles. The Morgan fingerprint density at radius 2 is 2.05 bits per heavy atom. The van der Waals surface area contributed by atoms with Gasteiger partial charge in [0.1, 0.15) is 24.4 Å². The molecule has 3 unspecified atom stereocenters. The third kappa shape index (κ3) is 3.39. The molecule has 1 aliphatic rings. The van der Waals surface area contributed by atoms with Crippen LogP contribution < -0.4 is 4.74 Å². The molecule has 0 radical (unpaired) electrons. The fourth-order valence-corrected chi connectivity index (χ4v) is 1.86. The van der Waals surface area contributed by atoms with Crippen molar-refractivity contribution in [3.8, 4) is 5.75 Å². The Hall–Kier alpha value is -1.72. The normalized spacial score (nSPS) is 27.4. The Labute approximate surface area is 112 Å². The smallest absolute Gasteiger partial charge is 0.184 e. The maximum atomic E-state index is 8.56. The van der Waals surface area contributed by atoms with Crippen molar-refractivity contribution in [3.63, 3.8) is 0 Å². The first-order valence-electron chi connectivity index (χ1n) is 6.10. The molecule has 0 saturated carbocycles. The van der Waals surface area contributed by atoms with Gasteiger partial charge in [-0.25, -0.2) is 0 Å². The van der Waals surface area contributed by atoms with E-state index in [1.54, 1.807) is 7.11 Å². The number of aliphatic hydroxyl groups is 1. The summed E-state index contributed by atoms with van der Waals surface area (Å²) in [5.74, 6) is 0.793. The van der Waals surface area contributed by atoms with E-state index in [4.69, 9.17) is 24.1 Å². The average Bonchev–Trinajstić information content (AvgIpc) is 2.46. The molecular formula is C14H18O5. The van der Waals surface area contributed by atoms with Crippen molar-refractivity contribution < 1.29 is 24.1 Å². The number of rotatable bonds is 4. The van der Waals surface area contributed by atoms with Crippen molar-refractivity contribution in [1.29, 1.82) is 0 Å². The predicted molar refractivity (Wildman–Crippen MR) is 68.9 cm³/mol. The maximum absolute atomic E-state index is 8.56. The van der Waals surface area contributed by atoms with Crippen LogP contribution in [0.4, 0.5) is 0 Å². The van der Waals surface area contributed by atoms with Gasteiger partial charge < -0.3 is 24.1 Å². The van der Waals surface area contributed by atoms with E-state index in [2.05, 4.69) is 0 Å². The summed E-state index contributed by atoms with van der Waals surface area (Å²) < 4.78 is 21.7. The maximum Gasteiger partial charge on any atom is 0.184 e. The first kappa shape index (κ1) is 13.7. The van der Waals surface area contributed by atoms with Gasteiger partial charge in [-0.1, -0.05) is 12.1 Å². The molecule has 19 heavy (non-hydrogen) atoms. The third-order valence-corrected chi connectivity index (χ3v) is 2.98. The topological polar surface area (TPSA) is 57.2 Å². The quantitative estimate of drug-likeness (QED) is 0.849. The average molecular weight is 266 g/mol. The van der Waals surface area contributed by atoms with Gasteiger partial charge in [0.25, 0.3) is 0 Å². The summed E-state index contributed by atoms with van der Waals surface area (Å²) >= 11 is 0. The molecule has 1 aromatic rings. The number of ether oxygens (including phenoxy) is 4. The second-order valence-corrected chi connectivity index (χ2v) is 4.24. The molecule has 2 rings (SSSR count). The first-order valence-corrected chi connectivity index (χ1v) is 6.10. The van der Waals surface area contributed by atoms with Crippen molar-refractivity contribution in [2.75, 3.05) is 13.7 Å². The van der Waals surface area contributed by atoms with Crippen LogP contribution in [0.5, 0.6) is 5.75 Å². The minimum absolute atomic E-state index is 0.128. The van der Waals surface area contributed by atoms with E-state index in [9.17, 15) is 0 Å². The molecule has 5 nitrogen and oxygen atoms in total. The van der Waals surface area contributed by atoms with E-state index >= 15 is 0 Å². The summed E-state index contributed by atoms with van der Waals surface area (Å²) in [6.45, 7) is 2.32. The van der Waals surface area contributed by atoms with Crippen LogP contribution in [0.3, 0.4) is 0 Å². The molecule has 1 fully saturated rings. The van der Waals surface area contributed by atoms with Crippen LogP contribution in [-0.4, -0.2) is 31.0 Å². The summed E-state index contributed by atoms with van der Waals surface area (Å²) in [7, 11) is 1.63. The zero-order valence-electron chi connectivity index (χ0n) is 11.0. The van der Waals surface area contributed by atoms with E-state index in [-0.39, 0.29) is 12.2 Å². The number of hydrogen-bond donors (Lipinski definition) is 1. The van der Waals surface area contributed by atoms with E-state index in [1.807, 2.05) is 31.2 Å². The van der Waals surface area contributed by atoms with Crippen LogP contribution >= 0.6 is 0 Å². The number of aliphatic hydroxyl groups excluding tert-OH is 1. The molecule has 3 atom stereocenters. The fraction of sp³-hybridized carbons (Fsp3) is 0.429. The Morgan fingerprint density at radius 1 is 1.32 bits per heavy atom. The van der Waals surface area contributed by atoms with E-state index in [1.165, 1.54) is 6.26 Å². The lowest BCUT2D eigenvalue weighted by molar-refractivity contribution is -0.252. The van der Waals surface area contributed by atoms with Crippen molar-refractivity contribution in [2.45, 2.75) is 25.4 Å². The van der Waals surface area contributed by atoms with Crippen LogP contribution in [0.15, 0.2) is 36.8 Å². The molecule has 0 aliphatic carbocycles. The van der Waals surface area contributed by atoms with E-state index in [0.29, 0.717) is 6.61 Å². The van der Waals surface area contributed by atoms with E-state index in [0.717, 1.165) is 17.6 Å². The number of hydrogen-bond acceptors (Lipinski definition) is 5. The zero-order valence-corrected chi connectivity index (χ0v) is 11.0. The van der Waals surface area contributed by atoms with Gasteiger partial charge >= 0.3 is 0 Å². The van der Waals surface area contributed by atoms with Gasteiger partial charge in [0.15, 0.2) is 6.29 Å². The molecule has 1 heterocycles. The minimum atomic E-state index is -0.404. The lowest BCUT2D eigenvalue weighted by Gasteiger charge is -2.34. The van der Waals surface area contributed by atoms with Gasteiger partial charge in [-0.2, -0.15) is 0 Å². The Kier molecular flexibility index (Phi) is 4.65. The highest BCUT2D eigenvalue weighted by molar-refractivity contribution is 5.27. The molecule has 0 spiro atoms. The largest absolute Gasteiger partial charge is 0.512 e. The van der Waals surface area contributed by atoms with Gasteiger partial charge in [0.05, 0.1) is 19.8 Å². The first-order chi connectivity index (χ1) is 9.24. The number of methoxy groups -OCH3 is 1. The van der Waals surface area contributed by atoms with Gasteiger partial charge in [0.2, 0.25) is 0 Å². The SMILES string of the molecule is COc1ccc(C2OCC(O/C=C\O)C(C)O2)cc1. The lowest BCUT2D eigenvalue weighted by atomic mass is 10.1. The van der Waals surface area contributed by atoms with Gasteiger partial charge in [-0.3, -0.25) is 0 Å². The van der Waals surface area contributed by atoms with Crippen molar-refractivity contribution in [3.05, 3.63) is 42.4 Å². The molecule has 1 saturated heterocycles. The second kappa shape index (κ2) is 6.45. The summed E-state index contributed by atoms with van der Waals surface area (Å²) in [5, 5.41) is 8.56. The van der Waals surface area contributed by atoms with Crippen molar-refractivity contribution in [2.24, 2.45) is 0 Å². The van der Waals surface area contributed by atoms with Gasteiger partial charge in [0, 0.05) is 5.56 Å². The van der Waals surface area contributed by atoms with Crippen molar-refractivity contribution >= 4 is 0 Å². The number of benzene rings is 1. The second-order valence-electron chi connectivity index (χ2n) is 4.24. The molecule has 0 amide bonds. The Bertz CT molecular complexity index is 414. The molecule has 1 aromatic carbocycles. The monoisotopic (exact) mass is 266 g/mol. The molecule has 1 N–H and O–H groups in total. The highest BCUT2D eigenvalue weighted by Crippen LogP contribution is 2.28. The lowest BCUT2D eigenvalue weighted by Crippen LogP contribution is -2.39. The standard InChI is InChI=1S/C14H18O5/c1-10-13(17-8-7-15)9-18-14(19-10)11-3-5-12(16-2)6-4-11/h3-8,10,13-15H,9H2,1-2H3/b8-7-. The molecule has 104 valence electrons. The van der Waals surface area contributed by atoms with Gasteiger partial charge in [-0.05, 0) is 19.1 Å². The van der Waals surface area contributed by atoms with E-state index < -0.39 is 6.29 Å². The van der Waals surface area contributed by atoms with Crippen LogP contribution in [0.2, 0.25) is 0 Å². The van der Waals surface area contributed by atoms with Gasteiger partial charge in [-0.15, -0.1) is 0 Å². The molecule has 5 heteroatoms. The minimum Gasteiger partial charge on any atom is -0.512 e. The van der Waals surface area contributed by atoms with Crippen LogP contribution in [-0.2, 0) is 14.2 Å². The molecule has 0 bridgehead atoms. The van der Waals surface area contributed by atoms with Crippen LogP contribution in [0.25, 0.3) is 0 Å². The summed E-state index contributed by atoms with van der Waals surface area (Å²) in [4.78, 5) is 0. The Balaban J connectivity index is 1.96. The fourth-order valence-electron chi connectivity index (χ4n) is 1.86. The summed E-state index contributed by atoms with van der Waals surface area (Å²) in [6.07, 6.45) is 1.32. The third-order valence-electron chi connectivity index (χ3n) is 2.98.